The van der Waals surface area contributed by atoms with Crippen LogP contribution in [0.3, 0.4) is 0 Å². The summed E-state index contributed by atoms with van der Waals surface area (Å²) in [6.45, 7) is 4.06. The van der Waals surface area contributed by atoms with E-state index in [0.29, 0.717) is 11.8 Å². The lowest BCUT2D eigenvalue weighted by Crippen LogP contribution is -2.07. The summed E-state index contributed by atoms with van der Waals surface area (Å²) in [6, 6.07) is 8.65. The second-order valence-corrected chi connectivity index (χ2v) is 4.92. The molecule has 0 fully saturated rings. The summed E-state index contributed by atoms with van der Waals surface area (Å²) in [5, 5.41) is 2.68. The van der Waals surface area contributed by atoms with Gasteiger partial charge in [-0.1, -0.05) is 12.1 Å². The lowest BCUT2D eigenvalue weighted by Gasteiger charge is -2.12. The third-order valence-corrected chi connectivity index (χ3v) is 2.75. The van der Waals surface area contributed by atoms with Gasteiger partial charge in [-0.15, -0.1) is 0 Å². The fourth-order valence-electron chi connectivity index (χ4n) is 1.88. The molecule has 0 saturated heterocycles. The van der Waals surface area contributed by atoms with E-state index < -0.39 is 17.5 Å². The van der Waals surface area contributed by atoms with Gasteiger partial charge in [0, 0.05) is 18.7 Å². The fraction of sp³-hybridized carbons (Fsp3) is 0.250. The molecule has 5 heteroatoms. The minimum atomic E-state index is -1.21. The first-order valence-corrected chi connectivity index (χ1v) is 6.59. The Kier molecular flexibility index (Phi) is 4.73. The second-order valence-electron chi connectivity index (χ2n) is 4.92. The average molecular weight is 295 g/mol. The molecule has 0 amide bonds. The van der Waals surface area contributed by atoms with E-state index in [-0.39, 0.29) is 18.3 Å². The molecule has 21 heavy (non-hydrogen) atoms. The molecule has 0 bridgehead atoms. The van der Waals surface area contributed by atoms with Crippen LogP contribution in [0.1, 0.15) is 19.4 Å². The monoisotopic (exact) mass is 295 g/mol. The highest BCUT2D eigenvalue weighted by Crippen LogP contribution is 2.21. The van der Waals surface area contributed by atoms with Crippen molar-refractivity contribution in [3.05, 3.63) is 59.4 Å². The van der Waals surface area contributed by atoms with E-state index in [4.69, 9.17) is 4.74 Å². The molecule has 0 spiro atoms. The van der Waals surface area contributed by atoms with E-state index in [0.717, 1.165) is 11.6 Å². The number of halogens is 3. The van der Waals surface area contributed by atoms with Crippen LogP contribution < -0.4 is 10.1 Å². The number of rotatable bonds is 5. The molecule has 2 nitrogen and oxygen atoms in total. The van der Waals surface area contributed by atoms with Gasteiger partial charge in [0.25, 0.3) is 0 Å². The molecule has 0 aliphatic heterocycles. The molecule has 0 aliphatic carbocycles. The zero-order chi connectivity index (χ0) is 15.4. The van der Waals surface area contributed by atoms with Gasteiger partial charge in [-0.3, -0.25) is 0 Å². The highest BCUT2D eigenvalue weighted by Gasteiger charge is 2.10. The topological polar surface area (TPSA) is 21.3 Å². The number of benzene rings is 2. The largest absolute Gasteiger partial charge is 0.491 e. The summed E-state index contributed by atoms with van der Waals surface area (Å²) in [6.07, 6.45) is 0.0444. The van der Waals surface area contributed by atoms with Gasteiger partial charge >= 0.3 is 0 Å². The number of hydrogen-bond acceptors (Lipinski definition) is 2. The van der Waals surface area contributed by atoms with Gasteiger partial charge in [0.1, 0.15) is 11.6 Å². The first kappa shape index (κ1) is 15.2. The molecule has 0 aliphatic rings. The molecule has 2 aromatic carbocycles. The van der Waals surface area contributed by atoms with E-state index in [1.54, 1.807) is 12.1 Å². The van der Waals surface area contributed by atoms with Crippen LogP contribution in [-0.2, 0) is 6.54 Å². The van der Waals surface area contributed by atoms with Gasteiger partial charge in [-0.25, -0.2) is 13.2 Å². The smallest absolute Gasteiger partial charge is 0.182 e. The molecular formula is C16H16F3NO. The van der Waals surface area contributed by atoms with Gasteiger partial charge in [0.15, 0.2) is 11.6 Å². The molecule has 0 heterocycles. The summed E-state index contributed by atoms with van der Waals surface area (Å²) < 4.78 is 45.2. The predicted molar refractivity (Wildman–Crippen MR) is 75.8 cm³/mol. The van der Waals surface area contributed by atoms with Crippen molar-refractivity contribution in [3.8, 4) is 5.75 Å². The van der Waals surface area contributed by atoms with Crippen LogP contribution in [-0.4, -0.2) is 6.10 Å². The third-order valence-electron chi connectivity index (χ3n) is 2.75. The van der Waals surface area contributed by atoms with Crippen molar-refractivity contribution >= 4 is 5.69 Å². The lowest BCUT2D eigenvalue weighted by molar-refractivity contribution is 0.242. The first-order valence-electron chi connectivity index (χ1n) is 6.59. The summed E-state index contributed by atoms with van der Waals surface area (Å²) in [5.41, 5.74) is 0.611. The van der Waals surface area contributed by atoms with Crippen molar-refractivity contribution in [1.82, 2.24) is 0 Å². The second kappa shape index (κ2) is 6.52. The fourth-order valence-corrected chi connectivity index (χ4v) is 1.88. The van der Waals surface area contributed by atoms with Crippen LogP contribution >= 0.6 is 0 Å². The van der Waals surface area contributed by atoms with E-state index in [9.17, 15) is 13.2 Å². The van der Waals surface area contributed by atoms with Gasteiger partial charge in [0.05, 0.1) is 11.8 Å². The van der Waals surface area contributed by atoms with Crippen LogP contribution in [0.4, 0.5) is 18.9 Å². The van der Waals surface area contributed by atoms with Gasteiger partial charge < -0.3 is 10.1 Å². The molecule has 0 unspecified atom stereocenters. The Morgan fingerprint density at radius 2 is 1.86 bits per heavy atom. The third kappa shape index (κ3) is 4.15. The van der Waals surface area contributed by atoms with E-state index >= 15 is 0 Å². The Hall–Kier alpha value is -2.17. The minimum Gasteiger partial charge on any atom is -0.491 e. The minimum absolute atomic E-state index is 0.0444. The highest BCUT2D eigenvalue weighted by atomic mass is 19.2. The Labute approximate surface area is 121 Å². The van der Waals surface area contributed by atoms with Crippen LogP contribution in [0, 0.1) is 17.5 Å². The molecule has 112 valence electrons. The summed E-state index contributed by atoms with van der Waals surface area (Å²) in [7, 11) is 0. The van der Waals surface area contributed by atoms with E-state index in [2.05, 4.69) is 5.32 Å². The van der Waals surface area contributed by atoms with Gasteiger partial charge in [-0.2, -0.15) is 0 Å². The first-order chi connectivity index (χ1) is 9.95. The molecular weight excluding hydrogens is 279 g/mol. The molecule has 2 aromatic rings. The van der Waals surface area contributed by atoms with Crippen molar-refractivity contribution in [2.24, 2.45) is 0 Å². The highest BCUT2D eigenvalue weighted by molar-refractivity contribution is 5.46. The van der Waals surface area contributed by atoms with Crippen LogP contribution in [0.25, 0.3) is 0 Å². The Morgan fingerprint density at radius 1 is 1.10 bits per heavy atom. The normalized spacial score (nSPS) is 10.8. The summed E-state index contributed by atoms with van der Waals surface area (Å²) in [4.78, 5) is 0. The van der Waals surface area contributed by atoms with Crippen LogP contribution in [0.15, 0.2) is 36.4 Å². The van der Waals surface area contributed by atoms with Crippen LogP contribution in [0.2, 0.25) is 0 Å². The average Bonchev–Trinajstić information content (AvgIpc) is 2.41. The summed E-state index contributed by atoms with van der Waals surface area (Å²) >= 11 is 0. The van der Waals surface area contributed by atoms with Crippen molar-refractivity contribution in [1.29, 1.82) is 0 Å². The SMILES string of the molecule is CC(C)Oc1cccc(CNc2cc(F)cc(F)c2F)c1. The van der Waals surface area contributed by atoms with Crippen molar-refractivity contribution < 1.29 is 17.9 Å². The zero-order valence-corrected chi connectivity index (χ0v) is 11.8. The number of ether oxygens (including phenoxy) is 1. The molecule has 0 saturated carbocycles. The maximum atomic E-state index is 13.5. The number of anilines is 1. The van der Waals surface area contributed by atoms with Gasteiger partial charge in [-0.05, 0) is 31.5 Å². The molecule has 0 aromatic heterocycles. The quantitative estimate of drug-likeness (QED) is 0.820. The standard InChI is InChI=1S/C16H16F3NO/c1-10(2)21-13-5-3-4-11(6-13)9-20-15-8-12(17)7-14(18)16(15)19/h3-8,10,20H,9H2,1-2H3. The van der Waals surface area contributed by atoms with Gasteiger partial charge in [0.2, 0.25) is 0 Å². The number of hydrogen-bond donors (Lipinski definition) is 1. The predicted octanol–water partition coefficient (Wildman–Crippen LogP) is 4.50. The molecule has 0 radical (unpaired) electrons. The van der Waals surface area contributed by atoms with Crippen molar-refractivity contribution in [3.63, 3.8) is 0 Å². The Balaban J connectivity index is 2.10. The Bertz CT molecular complexity index is 629. The number of nitrogens with one attached hydrogen (secondary N) is 1. The summed E-state index contributed by atoms with van der Waals surface area (Å²) in [5.74, 6) is -2.44. The molecule has 1 N–H and O–H groups in total. The lowest BCUT2D eigenvalue weighted by atomic mass is 10.2. The van der Waals surface area contributed by atoms with E-state index in [1.165, 1.54) is 0 Å². The van der Waals surface area contributed by atoms with E-state index in [1.807, 2.05) is 26.0 Å². The van der Waals surface area contributed by atoms with Crippen molar-refractivity contribution in [2.45, 2.75) is 26.5 Å². The molecule has 2 rings (SSSR count). The van der Waals surface area contributed by atoms with Crippen LogP contribution in [0.5, 0.6) is 5.75 Å². The maximum absolute atomic E-state index is 13.5. The molecule has 0 atom stereocenters. The Morgan fingerprint density at radius 3 is 2.57 bits per heavy atom. The maximum Gasteiger partial charge on any atom is 0.182 e. The van der Waals surface area contributed by atoms with Crippen molar-refractivity contribution in [2.75, 3.05) is 5.32 Å². The zero-order valence-electron chi connectivity index (χ0n) is 11.8.